The molecule has 4 nitrogen and oxygen atoms in total. The van der Waals surface area contributed by atoms with Crippen LogP contribution in [0, 0.1) is 0 Å². The molecule has 2 N–H and O–H groups in total. The van der Waals surface area contributed by atoms with Crippen LogP contribution in [-0.2, 0) is 6.42 Å². The summed E-state index contributed by atoms with van der Waals surface area (Å²) in [5, 5.41) is 8.85. The number of rotatable bonds is 8. The fourth-order valence-corrected chi connectivity index (χ4v) is 3.02. The summed E-state index contributed by atoms with van der Waals surface area (Å²) in [5.74, 6) is 0.879. The van der Waals surface area contributed by atoms with Gasteiger partial charge in [-0.1, -0.05) is 24.3 Å². The normalized spacial score (nSPS) is 11.3. The number of hydrogen-bond acceptors (Lipinski definition) is 3. The molecule has 5 heteroatoms. The Hall–Kier alpha value is -2.01. The Kier molecular flexibility index (Phi) is 7.46. The predicted molar refractivity (Wildman–Crippen MR) is 102 cm³/mol. The van der Waals surface area contributed by atoms with Crippen LogP contribution in [0.3, 0.4) is 0 Å². The van der Waals surface area contributed by atoms with Crippen LogP contribution < -0.4 is 15.5 Å². The highest BCUT2D eigenvalue weighted by atomic mass is 32.1. The monoisotopic (exact) mass is 330 g/mol. The molecule has 1 aromatic heterocycles. The third-order valence-electron chi connectivity index (χ3n) is 3.63. The summed E-state index contributed by atoms with van der Waals surface area (Å²) < 4.78 is 0. The molecule has 0 aliphatic heterocycles. The van der Waals surface area contributed by atoms with E-state index in [1.165, 1.54) is 10.6 Å². The van der Waals surface area contributed by atoms with Crippen LogP contribution in [0.1, 0.15) is 11.3 Å². The number of thiophene rings is 1. The van der Waals surface area contributed by atoms with Crippen molar-refractivity contribution in [3.63, 3.8) is 0 Å². The zero-order valence-corrected chi connectivity index (χ0v) is 14.8. The third-order valence-corrected chi connectivity index (χ3v) is 4.56. The molecule has 0 aliphatic carbocycles. The standard InChI is InChI=1S/C18H26N4S/c1-19-18(21-13-11-17-10-6-15-23-17)20-12-7-14-22(2)16-8-4-3-5-9-16/h3-6,8-10,15H,7,11-14H2,1-2H3,(H2,19,20,21). The van der Waals surface area contributed by atoms with Crippen molar-refractivity contribution in [2.75, 3.05) is 38.6 Å². The molecule has 0 bridgehead atoms. The van der Waals surface area contributed by atoms with Gasteiger partial charge in [-0.3, -0.25) is 4.99 Å². The first-order valence-electron chi connectivity index (χ1n) is 8.02. The lowest BCUT2D eigenvalue weighted by molar-refractivity contribution is 0.728. The van der Waals surface area contributed by atoms with Crippen LogP contribution in [0.4, 0.5) is 5.69 Å². The van der Waals surface area contributed by atoms with Gasteiger partial charge in [0.1, 0.15) is 0 Å². The maximum Gasteiger partial charge on any atom is 0.190 e. The number of nitrogens with one attached hydrogen (secondary N) is 2. The number of para-hydroxylation sites is 1. The second kappa shape index (κ2) is 9.90. The average molecular weight is 331 g/mol. The van der Waals surface area contributed by atoms with E-state index in [2.05, 4.69) is 69.4 Å². The first-order valence-corrected chi connectivity index (χ1v) is 8.90. The summed E-state index contributed by atoms with van der Waals surface area (Å²) in [6.07, 6.45) is 2.10. The van der Waals surface area contributed by atoms with Gasteiger partial charge in [-0.25, -0.2) is 0 Å². The van der Waals surface area contributed by atoms with Gasteiger partial charge < -0.3 is 15.5 Å². The van der Waals surface area contributed by atoms with Crippen LogP contribution in [-0.4, -0.2) is 39.7 Å². The molecule has 1 heterocycles. The summed E-state index contributed by atoms with van der Waals surface area (Å²) in [5.41, 5.74) is 1.26. The van der Waals surface area contributed by atoms with Gasteiger partial charge in [0.2, 0.25) is 0 Å². The molecule has 0 aliphatic rings. The zero-order valence-electron chi connectivity index (χ0n) is 14.0. The van der Waals surface area contributed by atoms with E-state index in [0.29, 0.717) is 0 Å². The first-order chi connectivity index (χ1) is 11.3. The number of guanidine groups is 1. The lowest BCUT2D eigenvalue weighted by atomic mass is 10.3. The van der Waals surface area contributed by atoms with Gasteiger partial charge in [0.15, 0.2) is 5.96 Å². The number of aliphatic imine (C=N–C) groups is 1. The topological polar surface area (TPSA) is 39.7 Å². The van der Waals surface area contributed by atoms with Gasteiger partial charge in [-0.15, -0.1) is 11.3 Å². The molecule has 0 unspecified atom stereocenters. The van der Waals surface area contributed by atoms with E-state index in [9.17, 15) is 0 Å². The van der Waals surface area contributed by atoms with Crippen molar-refractivity contribution in [1.29, 1.82) is 0 Å². The Morgan fingerprint density at radius 3 is 2.57 bits per heavy atom. The Morgan fingerprint density at radius 2 is 1.87 bits per heavy atom. The zero-order chi connectivity index (χ0) is 16.3. The molecule has 0 spiro atoms. The molecule has 0 amide bonds. The van der Waals surface area contributed by atoms with Crippen LogP contribution in [0.25, 0.3) is 0 Å². The quantitative estimate of drug-likeness (QED) is 0.444. The molecule has 124 valence electrons. The van der Waals surface area contributed by atoms with Crippen molar-refractivity contribution in [2.45, 2.75) is 12.8 Å². The van der Waals surface area contributed by atoms with Crippen molar-refractivity contribution in [1.82, 2.24) is 10.6 Å². The van der Waals surface area contributed by atoms with Gasteiger partial charge in [-0.2, -0.15) is 0 Å². The molecule has 2 aromatic rings. The molecule has 0 atom stereocenters. The van der Waals surface area contributed by atoms with Gasteiger partial charge in [-0.05, 0) is 36.4 Å². The number of hydrogen-bond donors (Lipinski definition) is 2. The largest absolute Gasteiger partial charge is 0.375 e. The Labute approximate surface area is 143 Å². The highest BCUT2D eigenvalue weighted by molar-refractivity contribution is 7.09. The average Bonchev–Trinajstić information content (AvgIpc) is 3.11. The highest BCUT2D eigenvalue weighted by Crippen LogP contribution is 2.10. The maximum absolute atomic E-state index is 4.27. The minimum absolute atomic E-state index is 0.879. The third kappa shape index (κ3) is 6.32. The fourth-order valence-electron chi connectivity index (χ4n) is 2.31. The molecule has 2 rings (SSSR count). The summed E-state index contributed by atoms with van der Waals surface area (Å²) in [4.78, 5) is 7.94. The lowest BCUT2D eigenvalue weighted by Gasteiger charge is -2.19. The van der Waals surface area contributed by atoms with Gasteiger partial charge in [0.25, 0.3) is 0 Å². The van der Waals surface area contributed by atoms with Crippen LogP contribution in [0.5, 0.6) is 0 Å². The highest BCUT2D eigenvalue weighted by Gasteiger charge is 2.01. The maximum atomic E-state index is 4.27. The molecule has 0 radical (unpaired) electrons. The predicted octanol–water partition coefficient (Wildman–Crippen LogP) is 2.98. The number of anilines is 1. The summed E-state index contributed by atoms with van der Waals surface area (Å²) in [6, 6.07) is 14.7. The molecule has 23 heavy (non-hydrogen) atoms. The van der Waals surface area contributed by atoms with Crippen molar-refractivity contribution >= 4 is 23.0 Å². The van der Waals surface area contributed by atoms with E-state index < -0.39 is 0 Å². The van der Waals surface area contributed by atoms with Crippen molar-refractivity contribution in [2.24, 2.45) is 4.99 Å². The van der Waals surface area contributed by atoms with E-state index in [1.54, 1.807) is 11.3 Å². The Morgan fingerprint density at radius 1 is 1.09 bits per heavy atom. The van der Waals surface area contributed by atoms with E-state index in [0.717, 1.165) is 38.4 Å². The molecular formula is C18H26N4S. The fraction of sp³-hybridized carbons (Fsp3) is 0.389. The summed E-state index contributed by atoms with van der Waals surface area (Å²) in [6.45, 7) is 2.84. The number of nitrogens with zero attached hydrogens (tertiary/aromatic N) is 2. The van der Waals surface area contributed by atoms with Gasteiger partial charge in [0, 0.05) is 44.3 Å². The minimum atomic E-state index is 0.879. The van der Waals surface area contributed by atoms with E-state index in [1.807, 2.05) is 13.1 Å². The minimum Gasteiger partial charge on any atom is -0.375 e. The van der Waals surface area contributed by atoms with Crippen LogP contribution >= 0.6 is 11.3 Å². The second-order valence-electron chi connectivity index (χ2n) is 5.37. The summed E-state index contributed by atoms with van der Waals surface area (Å²) >= 11 is 1.80. The summed E-state index contributed by atoms with van der Waals surface area (Å²) in [7, 11) is 3.94. The van der Waals surface area contributed by atoms with E-state index >= 15 is 0 Å². The van der Waals surface area contributed by atoms with Gasteiger partial charge >= 0.3 is 0 Å². The molecule has 0 fully saturated rings. The number of benzene rings is 1. The Balaban J connectivity index is 1.60. The van der Waals surface area contributed by atoms with Crippen molar-refractivity contribution in [3.8, 4) is 0 Å². The first kappa shape index (κ1) is 17.3. The molecule has 0 saturated carbocycles. The van der Waals surface area contributed by atoms with Gasteiger partial charge in [0.05, 0.1) is 0 Å². The van der Waals surface area contributed by atoms with Crippen LogP contribution in [0.2, 0.25) is 0 Å². The SMILES string of the molecule is CN=C(NCCCN(C)c1ccccc1)NCCc1cccs1. The van der Waals surface area contributed by atoms with Crippen molar-refractivity contribution in [3.05, 3.63) is 52.7 Å². The Bertz CT molecular complexity index is 566. The van der Waals surface area contributed by atoms with E-state index in [4.69, 9.17) is 0 Å². The van der Waals surface area contributed by atoms with Crippen LogP contribution in [0.15, 0.2) is 52.8 Å². The molecule has 0 saturated heterocycles. The smallest absolute Gasteiger partial charge is 0.190 e. The van der Waals surface area contributed by atoms with E-state index in [-0.39, 0.29) is 0 Å². The molecule has 1 aromatic carbocycles. The second-order valence-corrected chi connectivity index (χ2v) is 6.40. The lowest BCUT2D eigenvalue weighted by Crippen LogP contribution is -2.39. The van der Waals surface area contributed by atoms with Crippen molar-refractivity contribution < 1.29 is 0 Å². The molecular weight excluding hydrogens is 304 g/mol.